The predicted octanol–water partition coefficient (Wildman–Crippen LogP) is 8.07. The fourth-order valence-corrected chi connectivity index (χ4v) is 4.76. The smallest absolute Gasteiger partial charge is 0.00143 e. The van der Waals surface area contributed by atoms with Crippen LogP contribution in [0.25, 0.3) is 53.9 Å². The molecule has 0 nitrogen and oxygen atoms in total. The summed E-state index contributed by atoms with van der Waals surface area (Å²) in [6.45, 7) is 4.33. The van der Waals surface area contributed by atoms with Crippen LogP contribution >= 0.6 is 0 Å². The van der Waals surface area contributed by atoms with Crippen molar-refractivity contribution in [3.8, 4) is 0 Å². The van der Waals surface area contributed by atoms with Gasteiger partial charge in [0.25, 0.3) is 0 Å². The Morgan fingerprint density at radius 2 is 0.714 bits per heavy atom. The molecule has 0 atom stereocenters. The van der Waals surface area contributed by atoms with Crippen LogP contribution < -0.4 is 0 Å². The molecule has 0 bridgehead atoms. The van der Waals surface area contributed by atoms with Crippen molar-refractivity contribution in [1.29, 1.82) is 0 Å². The molecule has 0 amide bonds. The maximum atomic E-state index is 2.29. The van der Waals surface area contributed by atoms with E-state index in [0.29, 0.717) is 0 Å². The maximum Gasteiger partial charge on any atom is -0.00143 e. The Bertz CT molecular complexity index is 1450. The zero-order valence-corrected chi connectivity index (χ0v) is 16.1. The van der Waals surface area contributed by atoms with Gasteiger partial charge in [-0.1, -0.05) is 96.1 Å². The summed E-state index contributed by atoms with van der Waals surface area (Å²) < 4.78 is 0. The lowest BCUT2D eigenvalue weighted by atomic mass is 9.90. The van der Waals surface area contributed by atoms with Gasteiger partial charge in [-0.15, -0.1) is 0 Å². The summed E-state index contributed by atoms with van der Waals surface area (Å²) in [5.74, 6) is 0. The van der Waals surface area contributed by atoms with Crippen molar-refractivity contribution in [3.63, 3.8) is 0 Å². The minimum Gasteiger partial charge on any atom is -0.0587 e. The summed E-state index contributed by atoms with van der Waals surface area (Å²) in [7, 11) is 0. The van der Waals surface area contributed by atoms with Crippen LogP contribution in [0.4, 0.5) is 0 Å². The number of rotatable bonds is 0. The third-order valence-electron chi connectivity index (χ3n) is 6.09. The molecule has 0 aliphatic heterocycles. The molecule has 0 saturated carbocycles. The SMILES string of the molecule is Cc1ccc2c(ccc3ccc4ccc5ccc6cc(C)ccc6c5c4c32)c1. The third-order valence-corrected chi connectivity index (χ3v) is 6.09. The molecular weight excluding hydrogens is 336 g/mol. The summed E-state index contributed by atoms with van der Waals surface area (Å²) in [5.41, 5.74) is 2.61. The zero-order chi connectivity index (χ0) is 18.8. The molecule has 6 aromatic rings. The van der Waals surface area contributed by atoms with Gasteiger partial charge in [0.2, 0.25) is 0 Å². The standard InChI is InChI=1S/C28H20/c1-17-3-13-24-22(15-17)11-9-19-5-7-21-8-6-20-10-12-23-16-18(2)4-14-25(23)27(20)28(21)26(19)24/h3-16H,1-2H3. The normalized spacial score (nSPS) is 11.9. The van der Waals surface area contributed by atoms with Crippen molar-refractivity contribution in [3.05, 3.63) is 96.1 Å². The highest BCUT2D eigenvalue weighted by Gasteiger charge is 2.11. The fourth-order valence-electron chi connectivity index (χ4n) is 4.76. The second-order valence-corrected chi connectivity index (χ2v) is 8.01. The van der Waals surface area contributed by atoms with E-state index in [4.69, 9.17) is 0 Å². The van der Waals surface area contributed by atoms with E-state index in [9.17, 15) is 0 Å². The second kappa shape index (κ2) is 5.56. The van der Waals surface area contributed by atoms with Crippen LogP contribution in [0.1, 0.15) is 11.1 Å². The molecule has 0 saturated heterocycles. The van der Waals surface area contributed by atoms with Gasteiger partial charge >= 0.3 is 0 Å². The van der Waals surface area contributed by atoms with Gasteiger partial charge < -0.3 is 0 Å². The Labute approximate surface area is 164 Å². The quantitative estimate of drug-likeness (QED) is 0.241. The van der Waals surface area contributed by atoms with E-state index in [-0.39, 0.29) is 0 Å². The molecule has 132 valence electrons. The summed E-state index contributed by atoms with van der Waals surface area (Å²) in [5, 5.41) is 13.3. The molecule has 0 heteroatoms. The van der Waals surface area contributed by atoms with Crippen LogP contribution in [0.5, 0.6) is 0 Å². The van der Waals surface area contributed by atoms with E-state index in [2.05, 4.69) is 98.8 Å². The zero-order valence-electron chi connectivity index (χ0n) is 16.1. The summed E-state index contributed by atoms with van der Waals surface area (Å²) in [4.78, 5) is 0. The first-order valence-electron chi connectivity index (χ1n) is 9.87. The van der Waals surface area contributed by atoms with Gasteiger partial charge in [-0.3, -0.25) is 0 Å². The predicted molar refractivity (Wildman–Crippen MR) is 123 cm³/mol. The van der Waals surface area contributed by atoms with Gasteiger partial charge in [0.05, 0.1) is 0 Å². The summed E-state index contributed by atoms with van der Waals surface area (Å²) >= 11 is 0. The highest BCUT2D eigenvalue weighted by Crippen LogP contribution is 2.39. The molecule has 0 fully saturated rings. The Morgan fingerprint density at radius 3 is 1.14 bits per heavy atom. The van der Waals surface area contributed by atoms with E-state index in [0.717, 1.165) is 0 Å². The maximum absolute atomic E-state index is 2.29. The van der Waals surface area contributed by atoms with Crippen LogP contribution in [0, 0.1) is 13.8 Å². The van der Waals surface area contributed by atoms with Crippen LogP contribution in [-0.4, -0.2) is 0 Å². The second-order valence-electron chi connectivity index (χ2n) is 8.01. The van der Waals surface area contributed by atoms with Crippen LogP contribution in [-0.2, 0) is 0 Å². The molecular formula is C28H20. The number of hydrogen-bond acceptors (Lipinski definition) is 0. The van der Waals surface area contributed by atoms with Crippen molar-refractivity contribution < 1.29 is 0 Å². The molecule has 28 heavy (non-hydrogen) atoms. The van der Waals surface area contributed by atoms with E-state index < -0.39 is 0 Å². The first-order valence-corrected chi connectivity index (χ1v) is 9.87. The molecule has 0 radical (unpaired) electrons. The van der Waals surface area contributed by atoms with E-state index in [1.54, 1.807) is 0 Å². The van der Waals surface area contributed by atoms with Crippen molar-refractivity contribution in [2.45, 2.75) is 13.8 Å². The van der Waals surface area contributed by atoms with Crippen LogP contribution in [0.15, 0.2) is 84.9 Å². The summed E-state index contributed by atoms with van der Waals surface area (Å²) in [6, 6.07) is 31.7. The Hall–Kier alpha value is -3.38. The number of fused-ring (bicyclic) bond motifs is 9. The number of hydrogen-bond donors (Lipinski definition) is 0. The first kappa shape index (κ1) is 15.7. The van der Waals surface area contributed by atoms with E-state index in [1.807, 2.05) is 0 Å². The Balaban J connectivity index is 1.97. The fraction of sp³-hybridized carbons (Fsp3) is 0.0714. The Morgan fingerprint density at radius 1 is 0.357 bits per heavy atom. The lowest BCUT2D eigenvalue weighted by molar-refractivity contribution is 1.51. The van der Waals surface area contributed by atoms with Crippen molar-refractivity contribution in [2.75, 3.05) is 0 Å². The molecule has 0 aliphatic carbocycles. The van der Waals surface area contributed by atoms with Gasteiger partial charge in [-0.25, -0.2) is 0 Å². The van der Waals surface area contributed by atoms with Crippen LogP contribution in [0.2, 0.25) is 0 Å². The largest absolute Gasteiger partial charge is 0.0587 e. The third kappa shape index (κ3) is 2.12. The first-order chi connectivity index (χ1) is 13.7. The number of benzene rings is 6. The number of aryl methyl sites for hydroxylation is 2. The molecule has 0 unspecified atom stereocenters. The minimum absolute atomic E-state index is 1.30. The van der Waals surface area contributed by atoms with Crippen molar-refractivity contribution in [1.82, 2.24) is 0 Å². The lowest BCUT2D eigenvalue weighted by Gasteiger charge is -2.13. The van der Waals surface area contributed by atoms with Gasteiger partial charge in [-0.05, 0) is 67.7 Å². The van der Waals surface area contributed by atoms with Crippen molar-refractivity contribution >= 4 is 53.9 Å². The minimum atomic E-state index is 1.30. The van der Waals surface area contributed by atoms with Gasteiger partial charge in [0.1, 0.15) is 0 Å². The van der Waals surface area contributed by atoms with Crippen molar-refractivity contribution in [2.24, 2.45) is 0 Å². The van der Waals surface area contributed by atoms with Gasteiger partial charge in [-0.2, -0.15) is 0 Å². The lowest BCUT2D eigenvalue weighted by Crippen LogP contribution is -1.86. The van der Waals surface area contributed by atoms with Gasteiger partial charge in [0, 0.05) is 0 Å². The molecule has 6 aromatic carbocycles. The van der Waals surface area contributed by atoms with Gasteiger partial charge in [0.15, 0.2) is 0 Å². The molecule has 0 heterocycles. The topological polar surface area (TPSA) is 0 Å². The van der Waals surface area contributed by atoms with E-state index >= 15 is 0 Å². The average molecular weight is 356 g/mol. The highest BCUT2D eigenvalue weighted by atomic mass is 14.1. The molecule has 6 rings (SSSR count). The monoisotopic (exact) mass is 356 g/mol. The molecule has 0 N–H and O–H groups in total. The average Bonchev–Trinajstić information content (AvgIpc) is 2.72. The van der Waals surface area contributed by atoms with E-state index in [1.165, 1.54) is 65.0 Å². The molecule has 0 aliphatic rings. The summed E-state index contributed by atoms with van der Waals surface area (Å²) in [6.07, 6.45) is 0. The Kier molecular flexibility index (Phi) is 3.11. The molecule has 0 aromatic heterocycles. The highest BCUT2D eigenvalue weighted by molar-refractivity contribution is 6.32. The van der Waals surface area contributed by atoms with Crippen LogP contribution in [0.3, 0.4) is 0 Å². The molecule has 0 spiro atoms.